The smallest absolute Gasteiger partial charge is 0.194 e. The van der Waals surface area contributed by atoms with Gasteiger partial charge < -0.3 is 15.2 Å². The van der Waals surface area contributed by atoms with Crippen LogP contribution in [0.3, 0.4) is 0 Å². The highest BCUT2D eigenvalue weighted by atomic mass is 16.7. The highest BCUT2D eigenvalue weighted by Crippen LogP contribution is 2.11. The van der Waals surface area contributed by atoms with Crippen molar-refractivity contribution in [2.24, 2.45) is 0 Å². The van der Waals surface area contributed by atoms with E-state index in [2.05, 4.69) is 5.10 Å². The number of hydrogen-bond acceptors (Lipinski definition) is 5. The number of nitrogen functional groups attached to an aromatic ring is 1. The minimum atomic E-state index is -0.714. The fourth-order valence-corrected chi connectivity index (χ4v) is 1.26. The number of rotatable bonds is 4. The topological polar surface area (TPSA) is 86.1 Å². The Morgan fingerprint density at radius 1 is 1.62 bits per heavy atom. The number of methoxy groups -OCH3 is 2. The molecule has 6 heteroatoms. The minimum absolute atomic E-state index is 0.291. The summed E-state index contributed by atoms with van der Waals surface area (Å²) in [5, 5.41) is 13.1. The van der Waals surface area contributed by atoms with Gasteiger partial charge in [0.15, 0.2) is 6.29 Å². The van der Waals surface area contributed by atoms with E-state index in [9.17, 15) is 0 Å². The number of nitrogens with two attached hydrogens (primary N) is 1. The average molecular weight is 222 g/mol. The molecular formula is C10H14N4O2. The molecule has 0 fully saturated rings. The molecule has 0 saturated heterocycles. The molecule has 2 N–H and O–H groups in total. The van der Waals surface area contributed by atoms with E-state index in [1.54, 1.807) is 6.07 Å². The summed E-state index contributed by atoms with van der Waals surface area (Å²) < 4.78 is 11.4. The number of anilines is 1. The Bertz CT molecular complexity index is 427. The summed E-state index contributed by atoms with van der Waals surface area (Å²) in [7, 11) is 2.91. The maximum atomic E-state index is 8.96. The highest BCUT2D eigenvalue weighted by molar-refractivity contribution is 5.47. The van der Waals surface area contributed by atoms with Crippen LogP contribution in [0.4, 0.5) is 5.82 Å². The van der Waals surface area contributed by atoms with Gasteiger partial charge >= 0.3 is 0 Å². The van der Waals surface area contributed by atoms with Gasteiger partial charge in [0.05, 0.1) is 5.69 Å². The van der Waals surface area contributed by atoms with Gasteiger partial charge in [0.1, 0.15) is 17.5 Å². The number of aryl methyl sites for hydroxylation is 1. The van der Waals surface area contributed by atoms with Gasteiger partial charge in [0.2, 0.25) is 0 Å². The van der Waals surface area contributed by atoms with Gasteiger partial charge in [0.25, 0.3) is 0 Å². The molecule has 0 aromatic carbocycles. The number of ether oxygens (including phenoxy) is 2. The lowest BCUT2D eigenvalue weighted by Gasteiger charge is -2.11. The normalized spacial score (nSPS) is 11.8. The van der Waals surface area contributed by atoms with Crippen molar-refractivity contribution in [2.75, 3.05) is 20.0 Å². The van der Waals surface area contributed by atoms with Crippen LogP contribution in [-0.4, -0.2) is 30.3 Å². The molecule has 1 heterocycles. The molecule has 6 nitrogen and oxygen atoms in total. The molecule has 0 unspecified atom stereocenters. The second-order valence-electron chi connectivity index (χ2n) is 3.15. The SMILES string of the molecule is COC(OC)/C(C#N)=C/n1nc(C)cc1N. The number of nitriles is 1. The number of nitrogens with zero attached hydrogens (tertiary/aromatic N) is 3. The zero-order chi connectivity index (χ0) is 12.1. The number of aromatic nitrogens is 2. The summed E-state index contributed by atoms with van der Waals surface area (Å²) in [6, 6.07) is 3.69. The molecule has 0 atom stereocenters. The van der Waals surface area contributed by atoms with Crippen LogP contribution < -0.4 is 5.73 Å². The summed E-state index contributed by atoms with van der Waals surface area (Å²) in [4.78, 5) is 0. The van der Waals surface area contributed by atoms with Gasteiger partial charge in [-0.25, -0.2) is 4.68 Å². The van der Waals surface area contributed by atoms with Crippen LogP contribution in [0, 0.1) is 18.3 Å². The molecule has 1 aromatic rings. The van der Waals surface area contributed by atoms with E-state index in [1.165, 1.54) is 25.1 Å². The highest BCUT2D eigenvalue weighted by Gasteiger charge is 2.13. The molecular weight excluding hydrogens is 208 g/mol. The zero-order valence-corrected chi connectivity index (χ0v) is 9.47. The Balaban J connectivity index is 3.05. The molecule has 16 heavy (non-hydrogen) atoms. The van der Waals surface area contributed by atoms with Crippen molar-refractivity contribution < 1.29 is 9.47 Å². The van der Waals surface area contributed by atoms with Gasteiger partial charge in [0, 0.05) is 26.5 Å². The molecule has 0 spiro atoms. The Morgan fingerprint density at radius 2 is 2.25 bits per heavy atom. The zero-order valence-electron chi connectivity index (χ0n) is 9.47. The van der Waals surface area contributed by atoms with Gasteiger partial charge in [-0.15, -0.1) is 0 Å². The third-order valence-corrected chi connectivity index (χ3v) is 1.96. The predicted octanol–water partition coefficient (Wildman–Crippen LogP) is 0.757. The van der Waals surface area contributed by atoms with E-state index in [4.69, 9.17) is 20.5 Å². The molecule has 0 saturated carbocycles. The Hall–Kier alpha value is -1.84. The van der Waals surface area contributed by atoms with Crippen molar-refractivity contribution in [3.8, 4) is 6.07 Å². The number of hydrogen-bond donors (Lipinski definition) is 1. The van der Waals surface area contributed by atoms with E-state index >= 15 is 0 Å². The Kier molecular flexibility index (Phi) is 4.05. The standard InChI is InChI=1S/C10H14N4O2/c1-7-4-9(12)14(13-7)6-8(5-11)10(15-2)16-3/h4,6,10H,12H2,1-3H3/b8-6+. The van der Waals surface area contributed by atoms with Crippen LogP contribution >= 0.6 is 0 Å². The van der Waals surface area contributed by atoms with Crippen molar-refractivity contribution in [3.63, 3.8) is 0 Å². The molecule has 0 aliphatic rings. The average Bonchev–Trinajstić information content (AvgIpc) is 2.57. The van der Waals surface area contributed by atoms with Crippen LogP contribution in [0.25, 0.3) is 6.20 Å². The summed E-state index contributed by atoms with van der Waals surface area (Å²) in [6.45, 7) is 1.82. The van der Waals surface area contributed by atoms with E-state index in [0.29, 0.717) is 11.4 Å². The fourth-order valence-electron chi connectivity index (χ4n) is 1.26. The molecule has 0 aliphatic heterocycles. The minimum Gasteiger partial charge on any atom is -0.384 e. The molecule has 0 bridgehead atoms. The van der Waals surface area contributed by atoms with Crippen LogP contribution in [-0.2, 0) is 9.47 Å². The van der Waals surface area contributed by atoms with Crippen LogP contribution in [0.1, 0.15) is 5.69 Å². The quantitative estimate of drug-likeness (QED) is 0.600. The lowest BCUT2D eigenvalue weighted by atomic mass is 10.3. The third-order valence-electron chi connectivity index (χ3n) is 1.96. The molecule has 1 rings (SSSR count). The molecule has 0 radical (unpaired) electrons. The van der Waals surface area contributed by atoms with Crippen molar-refractivity contribution >= 4 is 12.0 Å². The Labute approximate surface area is 93.9 Å². The molecule has 0 aliphatic carbocycles. The monoisotopic (exact) mass is 222 g/mol. The summed E-state index contributed by atoms with van der Waals surface area (Å²) >= 11 is 0. The third kappa shape index (κ3) is 2.59. The van der Waals surface area contributed by atoms with Gasteiger partial charge in [-0.1, -0.05) is 0 Å². The lowest BCUT2D eigenvalue weighted by molar-refractivity contribution is -0.0714. The van der Waals surface area contributed by atoms with Crippen molar-refractivity contribution in [1.29, 1.82) is 5.26 Å². The maximum Gasteiger partial charge on any atom is 0.194 e. The Morgan fingerprint density at radius 3 is 2.62 bits per heavy atom. The lowest BCUT2D eigenvalue weighted by Crippen LogP contribution is -2.16. The summed E-state index contributed by atoms with van der Waals surface area (Å²) in [6.07, 6.45) is 0.772. The summed E-state index contributed by atoms with van der Waals surface area (Å²) in [5.74, 6) is 0.455. The maximum absolute atomic E-state index is 8.96. The van der Waals surface area contributed by atoms with E-state index in [-0.39, 0.29) is 0 Å². The van der Waals surface area contributed by atoms with Gasteiger partial charge in [-0.05, 0) is 6.92 Å². The second kappa shape index (κ2) is 5.30. The largest absolute Gasteiger partial charge is 0.384 e. The second-order valence-corrected chi connectivity index (χ2v) is 3.15. The van der Waals surface area contributed by atoms with Gasteiger partial charge in [-0.2, -0.15) is 10.4 Å². The van der Waals surface area contributed by atoms with Crippen molar-refractivity contribution in [2.45, 2.75) is 13.2 Å². The first-order valence-corrected chi connectivity index (χ1v) is 4.61. The molecule has 86 valence electrons. The molecule has 1 aromatic heterocycles. The predicted molar refractivity (Wildman–Crippen MR) is 59.1 cm³/mol. The van der Waals surface area contributed by atoms with Crippen molar-refractivity contribution in [1.82, 2.24) is 9.78 Å². The summed E-state index contributed by atoms with van der Waals surface area (Å²) in [5.41, 5.74) is 6.76. The fraction of sp³-hybridized carbons (Fsp3) is 0.400. The van der Waals surface area contributed by atoms with Crippen LogP contribution in [0.15, 0.2) is 11.6 Å². The first-order chi connectivity index (χ1) is 7.62. The van der Waals surface area contributed by atoms with E-state index in [1.807, 2.05) is 13.0 Å². The van der Waals surface area contributed by atoms with Gasteiger partial charge in [-0.3, -0.25) is 0 Å². The van der Waals surface area contributed by atoms with Crippen LogP contribution in [0.5, 0.6) is 0 Å². The molecule has 0 amide bonds. The first-order valence-electron chi connectivity index (χ1n) is 4.61. The van der Waals surface area contributed by atoms with E-state index in [0.717, 1.165) is 5.69 Å². The first kappa shape index (κ1) is 12.2. The van der Waals surface area contributed by atoms with E-state index < -0.39 is 6.29 Å². The van der Waals surface area contributed by atoms with Crippen molar-refractivity contribution in [3.05, 3.63) is 17.3 Å². The van der Waals surface area contributed by atoms with Crippen LogP contribution in [0.2, 0.25) is 0 Å².